The summed E-state index contributed by atoms with van der Waals surface area (Å²) in [6, 6.07) is 2.19. The normalized spacial score (nSPS) is 43.8. The number of ketones is 2. The molecule has 0 aromatic carbocycles. The van der Waals surface area contributed by atoms with Gasteiger partial charge in [-0.2, -0.15) is 10.5 Å². The van der Waals surface area contributed by atoms with E-state index in [1.165, 1.54) is 0 Å². The SMILES string of the molecule is CC1(C)CC[C@]2(CCS(C)(=O)=NC#N)CC[C@]3(C)[C@H](C(=O)C=C4[C@@]5(C)C=C(C#N)C(=O)C(C)(C)[C@@H]5CC[C@]43C)[C@@H]2C1. The summed E-state index contributed by atoms with van der Waals surface area (Å²) < 4.78 is 16.8. The summed E-state index contributed by atoms with van der Waals surface area (Å²) in [5, 5.41) is 19.0. The van der Waals surface area contributed by atoms with Crippen LogP contribution in [0, 0.1) is 73.0 Å². The van der Waals surface area contributed by atoms with Crippen molar-refractivity contribution in [2.75, 3.05) is 12.0 Å². The Hall–Kier alpha value is -2.25. The van der Waals surface area contributed by atoms with Crippen LogP contribution in [0.15, 0.2) is 27.7 Å². The fraction of sp³-hybridized carbons (Fsp3) is 0.765. The highest BCUT2D eigenvalue weighted by atomic mass is 32.2. The smallest absolute Gasteiger partial charge is 0.214 e. The molecule has 3 saturated carbocycles. The van der Waals surface area contributed by atoms with E-state index in [1.807, 2.05) is 26.0 Å². The number of fused-ring (bicyclic) bond motifs is 7. The second-order valence-corrected chi connectivity index (χ2v) is 18.7. The van der Waals surface area contributed by atoms with E-state index < -0.39 is 20.6 Å². The molecule has 0 N–H and O–H groups in total. The van der Waals surface area contributed by atoms with E-state index in [0.29, 0.717) is 5.75 Å². The average molecular weight is 578 g/mol. The number of nitrogens with zero attached hydrogens (tertiary/aromatic N) is 3. The van der Waals surface area contributed by atoms with Crippen LogP contribution in [0.1, 0.15) is 99.8 Å². The minimum atomic E-state index is -2.59. The highest BCUT2D eigenvalue weighted by Gasteiger charge is 2.69. The van der Waals surface area contributed by atoms with Crippen LogP contribution in [0.4, 0.5) is 0 Å². The molecule has 41 heavy (non-hydrogen) atoms. The zero-order valence-electron chi connectivity index (χ0n) is 26.2. The molecule has 0 heterocycles. The first-order chi connectivity index (χ1) is 18.8. The molecule has 3 fully saturated rings. The molecule has 0 aromatic heterocycles. The fourth-order valence-corrected chi connectivity index (χ4v) is 11.7. The van der Waals surface area contributed by atoms with E-state index >= 15 is 0 Å². The second kappa shape index (κ2) is 9.12. The molecular weight excluding hydrogens is 530 g/mol. The molecule has 0 bridgehead atoms. The molecule has 0 saturated heterocycles. The molecule has 0 amide bonds. The van der Waals surface area contributed by atoms with Gasteiger partial charge < -0.3 is 0 Å². The average Bonchev–Trinajstić information content (AvgIpc) is 2.87. The van der Waals surface area contributed by atoms with E-state index in [2.05, 4.69) is 45.1 Å². The lowest BCUT2D eigenvalue weighted by molar-refractivity contribution is -0.171. The van der Waals surface area contributed by atoms with Crippen molar-refractivity contribution < 1.29 is 13.8 Å². The van der Waals surface area contributed by atoms with Gasteiger partial charge in [0.25, 0.3) is 0 Å². The molecule has 0 aromatic rings. The largest absolute Gasteiger partial charge is 0.295 e. The first kappa shape index (κ1) is 30.2. The number of carbonyl (C=O) groups is 2. The van der Waals surface area contributed by atoms with Gasteiger partial charge in [-0.1, -0.05) is 60.1 Å². The zero-order valence-corrected chi connectivity index (χ0v) is 27.0. The van der Waals surface area contributed by atoms with Gasteiger partial charge in [0.2, 0.25) is 6.19 Å². The Kier molecular flexibility index (Phi) is 6.72. The van der Waals surface area contributed by atoms with Crippen molar-refractivity contribution in [1.82, 2.24) is 0 Å². The molecule has 5 aliphatic rings. The van der Waals surface area contributed by atoms with Crippen LogP contribution in [-0.4, -0.2) is 27.8 Å². The number of hydrogen-bond donors (Lipinski definition) is 0. The van der Waals surface area contributed by atoms with Crippen LogP contribution in [0.2, 0.25) is 0 Å². The maximum absolute atomic E-state index is 14.6. The van der Waals surface area contributed by atoms with Crippen LogP contribution >= 0.6 is 0 Å². The number of carbonyl (C=O) groups excluding carboxylic acids is 2. The third kappa shape index (κ3) is 4.16. The third-order valence-electron chi connectivity index (χ3n) is 13.3. The standard InChI is InChI=1S/C34H47N3O3S/c1-29(2)11-13-34(15-16-41(8,40)37-21-36)14-12-33(7)27(23(34)19-29)24(38)17-26-31(5)18-22(20-35)28(39)30(3,4)25(31)9-10-32(26,33)6/h17-18,23,25,27H,9-16,19H2,1-8H3/t23-,25-,27-,31-,32+,33+,34+,41?/m0/s1. The van der Waals surface area contributed by atoms with E-state index in [1.54, 1.807) is 12.4 Å². The van der Waals surface area contributed by atoms with Gasteiger partial charge >= 0.3 is 0 Å². The van der Waals surface area contributed by atoms with Crippen molar-refractivity contribution in [3.8, 4) is 12.3 Å². The van der Waals surface area contributed by atoms with E-state index in [9.17, 15) is 19.1 Å². The number of hydrogen-bond acceptors (Lipinski definition) is 6. The van der Waals surface area contributed by atoms with Gasteiger partial charge in [-0.25, -0.2) is 4.21 Å². The van der Waals surface area contributed by atoms with Crippen LogP contribution < -0.4 is 0 Å². The van der Waals surface area contributed by atoms with Crippen molar-refractivity contribution in [2.45, 2.75) is 99.8 Å². The highest BCUT2D eigenvalue weighted by molar-refractivity contribution is 7.93. The second-order valence-electron chi connectivity index (χ2n) is 16.2. The predicted octanol–water partition coefficient (Wildman–Crippen LogP) is 7.17. The molecule has 1 unspecified atom stereocenters. The fourth-order valence-electron chi connectivity index (χ4n) is 10.7. The van der Waals surface area contributed by atoms with Gasteiger partial charge in [0.05, 0.1) is 15.3 Å². The predicted molar refractivity (Wildman–Crippen MR) is 160 cm³/mol. The third-order valence-corrected chi connectivity index (χ3v) is 14.7. The topological polar surface area (TPSA) is 111 Å². The summed E-state index contributed by atoms with van der Waals surface area (Å²) in [5.74, 6) is 0.560. The van der Waals surface area contributed by atoms with Crippen LogP contribution in [0.25, 0.3) is 0 Å². The van der Waals surface area contributed by atoms with Crippen molar-refractivity contribution in [2.24, 2.45) is 54.6 Å². The Morgan fingerprint density at radius 2 is 1.66 bits per heavy atom. The molecule has 8 atom stereocenters. The summed E-state index contributed by atoms with van der Waals surface area (Å²) in [6.07, 6.45) is 14.6. The lowest BCUT2D eigenvalue weighted by Gasteiger charge is -2.69. The minimum absolute atomic E-state index is 0.0322. The zero-order chi connectivity index (χ0) is 30.4. The molecule has 222 valence electrons. The Balaban J connectivity index is 1.65. The van der Waals surface area contributed by atoms with E-state index in [-0.39, 0.29) is 56.6 Å². The number of Topliss-reactive ketones (excluding diaryl/α,β-unsaturated/α-hetero) is 1. The number of allylic oxidation sites excluding steroid dienone is 4. The summed E-state index contributed by atoms with van der Waals surface area (Å²) in [4.78, 5) is 27.9. The summed E-state index contributed by atoms with van der Waals surface area (Å²) in [7, 11) is -2.59. The minimum Gasteiger partial charge on any atom is -0.295 e. The van der Waals surface area contributed by atoms with Crippen molar-refractivity contribution in [1.29, 1.82) is 10.5 Å². The van der Waals surface area contributed by atoms with Gasteiger partial charge in [0.1, 0.15) is 6.07 Å². The first-order valence-corrected chi connectivity index (χ1v) is 17.4. The lowest BCUT2D eigenvalue weighted by Crippen LogP contribution is -2.64. The first-order valence-electron chi connectivity index (χ1n) is 15.3. The van der Waals surface area contributed by atoms with Gasteiger partial charge in [0.15, 0.2) is 11.6 Å². The van der Waals surface area contributed by atoms with Gasteiger partial charge in [-0.15, -0.1) is 4.36 Å². The molecular formula is C34H47N3O3S. The lowest BCUT2D eigenvalue weighted by atomic mass is 9.34. The summed E-state index contributed by atoms with van der Waals surface area (Å²) in [5.41, 5.74) is -0.348. The van der Waals surface area contributed by atoms with E-state index in [4.69, 9.17) is 5.26 Å². The Morgan fingerprint density at radius 1 is 1.00 bits per heavy atom. The van der Waals surface area contributed by atoms with Gasteiger partial charge in [-0.3, -0.25) is 9.59 Å². The molecule has 6 nitrogen and oxygen atoms in total. The quantitative estimate of drug-likeness (QED) is 0.330. The molecule has 0 radical (unpaired) electrons. The Morgan fingerprint density at radius 3 is 2.29 bits per heavy atom. The van der Waals surface area contributed by atoms with Crippen molar-refractivity contribution in [3.63, 3.8) is 0 Å². The molecule has 0 aliphatic heterocycles. The van der Waals surface area contributed by atoms with Crippen molar-refractivity contribution in [3.05, 3.63) is 23.3 Å². The summed E-state index contributed by atoms with van der Waals surface area (Å²) >= 11 is 0. The molecule has 7 heteroatoms. The Bertz CT molecular complexity index is 1480. The van der Waals surface area contributed by atoms with Crippen LogP contribution in [0.5, 0.6) is 0 Å². The molecule has 5 aliphatic carbocycles. The maximum atomic E-state index is 14.6. The number of nitriles is 2. The monoisotopic (exact) mass is 577 g/mol. The summed E-state index contributed by atoms with van der Waals surface area (Å²) in [6.45, 7) is 15.4. The Labute approximate surface area is 247 Å². The number of rotatable bonds is 3. The van der Waals surface area contributed by atoms with Crippen LogP contribution in [-0.2, 0) is 19.3 Å². The van der Waals surface area contributed by atoms with Crippen molar-refractivity contribution >= 4 is 21.3 Å². The highest BCUT2D eigenvalue weighted by Crippen LogP contribution is 2.74. The van der Waals surface area contributed by atoms with Gasteiger partial charge in [-0.05, 0) is 90.9 Å². The maximum Gasteiger partial charge on any atom is 0.214 e. The molecule has 5 rings (SSSR count). The molecule has 0 spiro atoms. The van der Waals surface area contributed by atoms with E-state index in [0.717, 1.165) is 56.9 Å². The van der Waals surface area contributed by atoms with Gasteiger partial charge in [0, 0.05) is 28.8 Å². The van der Waals surface area contributed by atoms with Crippen LogP contribution in [0.3, 0.4) is 0 Å².